The summed E-state index contributed by atoms with van der Waals surface area (Å²) in [4.78, 5) is 15.1. The Morgan fingerprint density at radius 3 is 2.84 bits per heavy atom. The Morgan fingerprint density at radius 2 is 2.05 bits per heavy atom. The summed E-state index contributed by atoms with van der Waals surface area (Å²) in [5.74, 6) is 0.128. The first kappa shape index (κ1) is 11.7. The molecular formula is C13H9ClN4O. The fraction of sp³-hybridized carbons (Fsp3) is 0. The molecule has 0 saturated heterocycles. The van der Waals surface area contributed by atoms with Gasteiger partial charge in [-0.05, 0) is 36.4 Å². The van der Waals surface area contributed by atoms with E-state index in [-0.39, 0.29) is 11.1 Å². The van der Waals surface area contributed by atoms with E-state index in [9.17, 15) is 4.79 Å². The molecular weight excluding hydrogens is 264 g/mol. The highest BCUT2D eigenvalue weighted by Gasteiger charge is 2.08. The third-order valence-electron chi connectivity index (χ3n) is 2.69. The molecule has 0 saturated carbocycles. The first-order chi connectivity index (χ1) is 9.22. The number of halogens is 1. The van der Waals surface area contributed by atoms with Crippen LogP contribution in [0.5, 0.6) is 0 Å². The molecule has 19 heavy (non-hydrogen) atoms. The average Bonchev–Trinajstić information content (AvgIpc) is 2.88. The average molecular weight is 273 g/mol. The number of fused-ring (bicyclic) bond motifs is 1. The van der Waals surface area contributed by atoms with Gasteiger partial charge in [0.25, 0.3) is 5.91 Å². The lowest BCUT2D eigenvalue weighted by molar-refractivity contribution is 0.102. The van der Waals surface area contributed by atoms with Gasteiger partial charge in [0.05, 0.1) is 0 Å². The third kappa shape index (κ3) is 2.41. The van der Waals surface area contributed by atoms with Crippen LogP contribution in [0.1, 0.15) is 10.4 Å². The summed E-state index contributed by atoms with van der Waals surface area (Å²) >= 11 is 5.63. The first-order valence-electron chi connectivity index (χ1n) is 5.60. The Bertz CT molecular complexity index is 736. The van der Waals surface area contributed by atoms with E-state index in [0.717, 1.165) is 10.9 Å². The zero-order chi connectivity index (χ0) is 13.2. The SMILES string of the molecule is O=C(Nc1ccc(Cl)nn1)c1ccc2[nH]ccc2c1. The smallest absolute Gasteiger partial charge is 0.256 e. The summed E-state index contributed by atoms with van der Waals surface area (Å²) in [6.07, 6.45) is 1.83. The number of rotatable bonds is 2. The molecule has 94 valence electrons. The number of amides is 1. The molecule has 3 rings (SSSR count). The van der Waals surface area contributed by atoms with Crippen molar-refractivity contribution in [3.8, 4) is 0 Å². The highest BCUT2D eigenvalue weighted by atomic mass is 35.5. The van der Waals surface area contributed by atoms with E-state index in [1.165, 1.54) is 0 Å². The number of hydrogen-bond acceptors (Lipinski definition) is 3. The Kier molecular flexibility index (Phi) is 2.89. The van der Waals surface area contributed by atoms with Crippen molar-refractivity contribution in [1.82, 2.24) is 15.2 Å². The Hall–Kier alpha value is -2.40. The topological polar surface area (TPSA) is 70.7 Å². The number of aromatic amines is 1. The Morgan fingerprint density at radius 1 is 1.16 bits per heavy atom. The van der Waals surface area contributed by atoms with Crippen LogP contribution in [-0.4, -0.2) is 21.1 Å². The summed E-state index contributed by atoms with van der Waals surface area (Å²) in [5.41, 5.74) is 1.55. The molecule has 2 heterocycles. The first-order valence-corrected chi connectivity index (χ1v) is 5.98. The minimum absolute atomic E-state index is 0.236. The number of carbonyl (C=O) groups is 1. The second kappa shape index (κ2) is 4.70. The van der Waals surface area contributed by atoms with Gasteiger partial charge in [-0.1, -0.05) is 11.6 Å². The second-order valence-electron chi connectivity index (χ2n) is 3.98. The zero-order valence-corrected chi connectivity index (χ0v) is 10.5. The normalized spacial score (nSPS) is 10.6. The molecule has 1 aromatic carbocycles. The van der Waals surface area contributed by atoms with Crippen LogP contribution in [-0.2, 0) is 0 Å². The van der Waals surface area contributed by atoms with Gasteiger partial charge in [-0.15, -0.1) is 10.2 Å². The highest BCUT2D eigenvalue weighted by Crippen LogP contribution is 2.15. The van der Waals surface area contributed by atoms with E-state index in [4.69, 9.17) is 11.6 Å². The predicted octanol–water partition coefficient (Wildman–Crippen LogP) is 2.86. The van der Waals surface area contributed by atoms with Gasteiger partial charge in [0.2, 0.25) is 0 Å². The monoisotopic (exact) mass is 272 g/mol. The number of aromatic nitrogens is 3. The molecule has 3 aromatic rings. The van der Waals surface area contributed by atoms with Gasteiger partial charge in [-0.3, -0.25) is 4.79 Å². The molecule has 1 amide bonds. The van der Waals surface area contributed by atoms with Crippen LogP contribution in [0.2, 0.25) is 5.15 Å². The van der Waals surface area contributed by atoms with Gasteiger partial charge in [0.15, 0.2) is 11.0 Å². The summed E-state index contributed by atoms with van der Waals surface area (Å²) in [6, 6.07) is 10.5. The molecule has 2 N–H and O–H groups in total. The van der Waals surface area contributed by atoms with Crippen LogP contribution in [0.25, 0.3) is 10.9 Å². The van der Waals surface area contributed by atoms with Crippen molar-refractivity contribution in [1.29, 1.82) is 0 Å². The maximum atomic E-state index is 12.0. The highest BCUT2D eigenvalue weighted by molar-refractivity contribution is 6.29. The van der Waals surface area contributed by atoms with Crippen molar-refractivity contribution in [2.45, 2.75) is 0 Å². The van der Waals surface area contributed by atoms with Crippen molar-refractivity contribution >= 4 is 34.2 Å². The molecule has 0 aliphatic rings. The van der Waals surface area contributed by atoms with Gasteiger partial charge in [0, 0.05) is 22.7 Å². The number of hydrogen-bond donors (Lipinski definition) is 2. The lowest BCUT2D eigenvalue weighted by Gasteiger charge is -2.03. The molecule has 0 aliphatic heterocycles. The summed E-state index contributed by atoms with van der Waals surface area (Å²) in [7, 11) is 0. The molecule has 0 aliphatic carbocycles. The van der Waals surface area contributed by atoms with E-state index >= 15 is 0 Å². The van der Waals surface area contributed by atoms with E-state index in [1.807, 2.05) is 24.4 Å². The van der Waals surface area contributed by atoms with Crippen molar-refractivity contribution < 1.29 is 4.79 Å². The minimum atomic E-state index is -0.236. The van der Waals surface area contributed by atoms with Crippen molar-refractivity contribution in [2.24, 2.45) is 0 Å². The quantitative estimate of drug-likeness (QED) is 0.753. The van der Waals surface area contributed by atoms with Gasteiger partial charge < -0.3 is 10.3 Å². The zero-order valence-electron chi connectivity index (χ0n) is 9.72. The molecule has 0 spiro atoms. The number of anilines is 1. The van der Waals surface area contributed by atoms with Crippen LogP contribution >= 0.6 is 11.6 Å². The molecule has 6 heteroatoms. The van der Waals surface area contributed by atoms with Crippen LogP contribution in [0.4, 0.5) is 5.82 Å². The molecule has 0 fully saturated rings. The Balaban J connectivity index is 1.84. The van der Waals surface area contributed by atoms with E-state index in [2.05, 4.69) is 20.5 Å². The van der Waals surface area contributed by atoms with Gasteiger partial charge in [0.1, 0.15) is 0 Å². The number of nitrogens with zero attached hydrogens (tertiary/aromatic N) is 2. The number of carbonyl (C=O) groups excluding carboxylic acids is 1. The standard InChI is InChI=1S/C13H9ClN4O/c14-11-3-4-12(18-17-11)16-13(19)9-1-2-10-8(7-9)5-6-15-10/h1-7,15H,(H,16,18,19). The van der Waals surface area contributed by atoms with Gasteiger partial charge in [-0.25, -0.2) is 0 Å². The number of benzene rings is 1. The molecule has 2 aromatic heterocycles. The van der Waals surface area contributed by atoms with E-state index in [0.29, 0.717) is 11.4 Å². The summed E-state index contributed by atoms with van der Waals surface area (Å²) < 4.78 is 0. The fourth-order valence-electron chi connectivity index (χ4n) is 1.77. The molecule has 0 atom stereocenters. The largest absolute Gasteiger partial charge is 0.361 e. The maximum Gasteiger partial charge on any atom is 0.256 e. The number of nitrogens with one attached hydrogen (secondary N) is 2. The van der Waals surface area contributed by atoms with Crippen LogP contribution in [0, 0.1) is 0 Å². The van der Waals surface area contributed by atoms with Crippen molar-refractivity contribution in [3.63, 3.8) is 0 Å². The van der Waals surface area contributed by atoms with Crippen LogP contribution in [0.15, 0.2) is 42.6 Å². The van der Waals surface area contributed by atoms with E-state index in [1.54, 1.807) is 18.2 Å². The molecule has 5 nitrogen and oxygen atoms in total. The number of H-pyrrole nitrogens is 1. The van der Waals surface area contributed by atoms with Crippen molar-refractivity contribution in [2.75, 3.05) is 5.32 Å². The second-order valence-corrected chi connectivity index (χ2v) is 4.36. The van der Waals surface area contributed by atoms with Crippen LogP contribution in [0.3, 0.4) is 0 Å². The Labute approximate surface area is 113 Å². The summed E-state index contributed by atoms with van der Waals surface area (Å²) in [5, 5.41) is 11.4. The molecule has 0 radical (unpaired) electrons. The maximum absolute atomic E-state index is 12.0. The van der Waals surface area contributed by atoms with Crippen LogP contribution < -0.4 is 5.32 Å². The lowest BCUT2D eigenvalue weighted by atomic mass is 10.1. The lowest BCUT2D eigenvalue weighted by Crippen LogP contribution is -2.13. The molecule has 0 bridgehead atoms. The van der Waals surface area contributed by atoms with E-state index < -0.39 is 0 Å². The summed E-state index contributed by atoms with van der Waals surface area (Å²) in [6.45, 7) is 0. The van der Waals surface area contributed by atoms with Crippen molar-refractivity contribution in [3.05, 3.63) is 53.3 Å². The third-order valence-corrected chi connectivity index (χ3v) is 2.89. The van der Waals surface area contributed by atoms with Gasteiger partial charge >= 0.3 is 0 Å². The minimum Gasteiger partial charge on any atom is -0.361 e. The van der Waals surface area contributed by atoms with Gasteiger partial charge in [-0.2, -0.15) is 0 Å². The fourth-order valence-corrected chi connectivity index (χ4v) is 1.87. The predicted molar refractivity (Wildman–Crippen MR) is 73.3 cm³/mol. The molecule has 0 unspecified atom stereocenters.